The van der Waals surface area contributed by atoms with E-state index < -0.39 is 21.4 Å². The number of carbonyl (C=O) groups excluding carboxylic acids is 1. The zero-order valence-corrected chi connectivity index (χ0v) is 13.8. The molecule has 0 fully saturated rings. The summed E-state index contributed by atoms with van der Waals surface area (Å²) >= 11 is 5.74. The summed E-state index contributed by atoms with van der Waals surface area (Å²) in [6, 6.07) is 6.58. The summed E-state index contributed by atoms with van der Waals surface area (Å²) in [6.07, 6.45) is 0.817. The number of tetrazole rings is 1. The molecule has 0 aliphatic carbocycles. The van der Waals surface area contributed by atoms with Crippen LogP contribution in [0, 0.1) is 0 Å². The van der Waals surface area contributed by atoms with E-state index in [1.54, 1.807) is 0 Å². The van der Waals surface area contributed by atoms with Crippen molar-refractivity contribution in [2.24, 2.45) is 0 Å². The van der Waals surface area contributed by atoms with E-state index in [9.17, 15) is 18.3 Å². The van der Waals surface area contributed by atoms with Gasteiger partial charge in [-0.05, 0) is 29.5 Å². The molecule has 0 saturated carbocycles. The lowest BCUT2D eigenvalue weighted by Crippen LogP contribution is -2.02. The van der Waals surface area contributed by atoms with E-state index >= 15 is 0 Å². The first kappa shape index (κ1) is 16.8. The average molecular weight is 381 g/mol. The van der Waals surface area contributed by atoms with E-state index in [1.807, 2.05) is 0 Å². The van der Waals surface area contributed by atoms with Crippen LogP contribution in [-0.2, 0) is 9.84 Å². The zero-order valence-electron chi connectivity index (χ0n) is 12.2. The number of allylic oxidation sites excluding steroid dienone is 1. The Morgan fingerprint density at radius 2 is 1.92 bits per heavy atom. The molecule has 10 nitrogen and oxygen atoms in total. The number of H-pyrrole nitrogens is 2. The SMILES string of the molecule is O=C(C=C(O)c1nn[nH]n1)c1cc(S(=O)(=O)c2ccc(Cl)cc2)n[nH]1. The number of hydrogen-bond acceptors (Lipinski definition) is 8. The van der Waals surface area contributed by atoms with Gasteiger partial charge < -0.3 is 5.11 Å². The molecule has 3 N–H and O–H groups in total. The number of sulfone groups is 1. The lowest BCUT2D eigenvalue weighted by atomic mass is 10.2. The van der Waals surface area contributed by atoms with E-state index in [0.29, 0.717) is 5.02 Å². The highest BCUT2D eigenvalue weighted by atomic mass is 35.5. The molecular weight excluding hydrogens is 372 g/mol. The minimum atomic E-state index is -3.92. The highest BCUT2D eigenvalue weighted by Gasteiger charge is 2.22. The van der Waals surface area contributed by atoms with Gasteiger partial charge in [-0.1, -0.05) is 11.6 Å². The van der Waals surface area contributed by atoms with Gasteiger partial charge in [0.05, 0.1) is 4.90 Å². The molecule has 0 bridgehead atoms. The Morgan fingerprint density at radius 3 is 2.56 bits per heavy atom. The highest BCUT2D eigenvalue weighted by molar-refractivity contribution is 7.91. The average Bonchev–Trinajstić information content (AvgIpc) is 3.27. The first-order valence-corrected chi connectivity index (χ1v) is 8.49. The lowest BCUT2D eigenvalue weighted by Gasteiger charge is -2.00. The smallest absolute Gasteiger partial charge is 0.239 e. The Hall–Kier alpha value is -3.05. The van der Waals surface area contributed by atoms with Crippen LogP contribution in [0.2, 0.25) is 5.02 Å². The number of hydrogen-bond donors (Lipinski definition) is 3. The van der Waals surface area contributed by atoms with Crippen molar-refractivity contribution in [2.75, 3.05) is 0 Å². The number of carbonyl (C=O) groups is 1. The number of aromatic nitrogens is 6. The molecule has 2 aromatic heterocycles. The minimum Gasteiger partial charge on any atom is -0.504 e. The largest absolute Gasteiger partial charge is 0.504 e. The molecule has 128 valence electrons. The summed E-state index contributed by atoms with van der Waals surface area (Å²) in [5.41, 5.74) is -0.136. The molecule has 0 atom stereocenters. The number of aliphatic hydroxyl groups excluding tert-OH is 1. The molecule has 0 saturated heterocycles. The second kappa shape index (κ2) is 6.45. The van der Waals surface area contributed by atoms with Gasteiger partial charge in [0, 0.05) is 17.2 Å². The van der Waals surface area contributed by atoms with Crippen LogP contribution in [-0.4, -0.2) is 50.1 Å². The second-order valence-electron chi connectivity index (χ2n) is 4.71. The normalized spacial score (nSPS) is 12.3. The summed E-state index contributed by atoms with van der Waals surface area (Å²) in [6.45, 7) is 0. The van der Waals surface area contributed by atoms with Crippen molar-refractivity contribution in [1.29, 1.82) is 0 Å². The molecule has 3 rings (SSSR count). The topological polar surface area (TPSA) is 155 Å². The molecule has 0 aliphatic rings. The van der Waals surface area contributed by atoms with Crippen LogP contribution in [0.15, 0.2) is 46.3 Å². The molecule has 0 spiro atoms. The molecule has 1 aromatic carbocycles. The van der Waals surface area contributed by atoms with E-state index in [1.165, 1.54) is 24.3 Å². The van der Waals surface area contributed by atoms with Crippen LogP contribution < -0.4 is 0 Å². The number of aliphatic hydroxyl groups is 1. The van der Waals surface area contributed by atoms with Crippen molar-refractivity contribution in [3.63, 3.8) is 0 Å². The molecule has 12 heteroatoms. The van der Waals surface area contributed by atoms with Crippen molar-refractivity contribution < 1.29 is 18.3 Å². The second-order valence-corrected chi connectivity index (χ2v) is 7.04. The third kappa shape index (κ3) is 3.41. The van der Waals surface area contributed by atoms with Gasteiger partial charge in [-0.2, -0.15) is 10.3 Å². The zero-order chi connectivity index (χ0) is 18.0. The molecule has 0 aliphatic heterocycles. The van der Waals surface area contributed by atoms with Gasteiger partial charge in [-0.15, -0.1) is 10.2 Å². The summed E-state index contributed by atoms with van der Waals surface area (Å²) < 4.78 is 24.9. The number of aromatic amines is 2. The Labute approximate surface area is 145 Å². The van der Waals surface area contributed by atoms with Gasteiger partial charge in [0.25, 0.3) is 0 Å². The number of rotatable bonds is 5. The lowest BCUT2D eigenvalue weighted by molar-refractivity contribution is 0.104. The van der Waals surface area contributed by atoms with Crippen LogP contribution in [0.1, 0.15) is 16.3 Å². The van der Waals surface area contributed by atoms with Crippen molar-refractivity contribution in [3.8, 4) is 0 Å². The summed E-state index contributed by atoms with van der Waals surface area (Å²) in [5.74, 6) is -1.43. The third-order valence-electron chi connectivity index (χ3n) is 3.06. The van der Waals surface area contributed by atoms with Crippen LogP contribution >= 0.6 is 11.6 Å². The summed E-state index contributed by atoms with van der Waals surface area (Å²) in [7, 11) is -3.92. The van der Waals surface area contributed by atoms with Gasteiger partial charge >= 0.3 is 0 Å². The van der Waals surface area contributed by atoms with Gasteiger partial charge in [-0.25, -0.2) is 8.42 Å². The number of halogens is 1. The number of ketones is 1. The fourth-order valence-electron chi connectivity index (χ4n) is 1.84. The third-order valence-corrected chi connectivity index (χ3v) is 4.97. The van der Waals surface area contributed by atoms with Crippen LogP contribution in [0.25, 0.3) is 5.76 Å². The van der Waals surface area contributed by atoms with Crippen molar-refractivity contribution >= 4 is 33.0 Å². The molecule has 3 aromatic rings. The summed E-state index contributed by atoms with van der Waals surface area (Å²) in [5, 5.41) is 28.1. The Morgan fingerprint density at radius 1 is 1.20 bits per heavy atom. The first-order valence-electron chi connectivity index (χ1n) is 6.63. The molecule has 2 heterocycles. The Bertz CT molecular complexity index is 1040. The quantitative estimate of drug-likeness (QED) is 0.338. The monoisotopic (exact) mass is 380 g/mol. The van der Waals surface area contributed by atoms with E-state index in [4.69, 9.17) is 11.6 Å². The Balaban J connectivity index is 1.88. The number of nitrogens with zero attached hydrogens (tertiary/aromatic N) is 4. The van der Waals surface area contributed by atoms with Crippen molar-refractivity contribution in [3.05, 3.63) is 52.9 Å². The minimum absolute atomic E-state index is 0.0208. The predicted molar refractivity (Wildman–Crippen MR) is 84.6 cm³/mol. The number of benzene rings is 1. The van der Waals surface area contributed by atoms with Gasteiger partial charge in [0.2, 0.25) is 21.4 Å². The van der Waals surface area contributed by atoms with Gasteiger partial charge in [-0.3, -0.25) is 9.89 Å². The highest BCUT2D eigenvalue weighted by Crippen LogP contribution is 2.21. The maximum absolute atomic E-state index is 12.5. The molecular formula is C13H9ClN6O4S. The van der Waals surface area contributed by atoms with Gasteiger partial charge in [0.15, 0.2) is 10.8 Å². The maximum Gasteiger partial charge on any atom is 0.239 e. The van der Waals surface area contributed by atoms with E-state index in [-0.39, 0.29) is 21.4 Å². The van der Waals surface area contributed by atoms with Gasteiger partial charge in [0.1, 0.15) is 5.69 Å². The standard InChI is InChI=1S/C13H9ClN6O4S/c14-7-1-3-8(4-2-7)25(23,24)12-5-9(15-16-12)10(21)6-11(22)13-17-19-20-18-13/h1-6,22H,(H,15,16)(H,17,18,19,20). The molecule has 0 amide bonds. The molecule has 0 unspecified atom stereocenters. The number of nitrogens with one attached hydrogen (secondary N) is 2. The van der Waals surface area contributed by atoms with Crippen molar-refractivity contribution in [1.82, 2.24) is 30.8 Å². The van der Waals surface area contributed by atoms with Crippen LogP contribution in [0.3, 0.4) is 0 Å². The molecule has 0 radical (unpaired) electrons. The van der Waals surface area contributed by atoms with Crippen LogP contribution in [0.4, 0.5) is 0 Å². The van der Waals surface area contributed by atoms with E-state index in [0.717, 1.165) is 12.1 Å². The fourth-order valence-corrected chi connectivity index (χ4v) is 3.14. The Kier molecular flexibility index (Phi) is 4.33. The maximum atomic E-state index is 12.5. The fraction of sp³-hybridized carbons (Fsp3) is 0. The van der Waals surface area contributed by atoms with Crippen molar-refractivity contribution in [2.45, 2.75) is 9.92 Å². The first-order chi connectivity index (χ1) is 11.9. The molecule has 25 heavy (non-hydrogen) atoms. The van der Waals surface area contributed by atoms with E-state index in [2.05, 4.69) is 30.8 Å². The summed E-state index contributed by atoms with van der Waals surface area (Å²) in [4.78, 5) is 12.0. The van der Waals surface area contributed by atoms with Crippen LogP contribution in [0.5, 0.6) is 0 Å². The predicted octanol–water partition coefficient (Wildman–Crippen LogP) is 1.19.